The molecule has 0 unspecified atom stereocenters. The molecule has 0 aliphatic rings. The Kier molecular flexibility index (Phi) is 4.46. The Morgan fingerprint density at radius 3 is 2.41 bits per heavy atom. The van der Waals surface area contributed by atoms with E-state index in [1.165, 1.54) is 18.2 Å². The van der Waals surface area contributed by atoms with Gasteiger partial charge in [-0.25, -0.2) is 9.18 Å². The van der Waals surface area contributed by atoms with Crippen molar-refractivity contribution < 1.29 is 14.3 Å². The van der Waals surface area contributed by atoms with Crippen LogP contribution in [0, 0.1) is 5.82 Å². The van der Waals surface area contributed by atoms with Gasteiger partial charge in [0.1, 0.15) is 5.82 Å². The van der Waals surface area contributed by atoms with Crippen molar-refractivity contribution in [1.29, 1.82) is 0 Å². The molecule has 0 aliphatic heterocycles. The van der Waals surface area contributed by atoms with Gasteiger partial charge in [0, 0.05) is 13.1 Å². The van der Waals surface area contributed by atoms with Crippen LogP contribution in [0.5, 0.6) is 0 Å². The molecule has 0 saturated heterocycles. The van der Waals surface area contributed by atoms with Crippen molar-refractivity contribution in [2.45, 2.75) is 0 Å². The fourth-order valence-electron chi connectivity index (χ4n) is 1.58. The fraction of sp³-hybridized carbons (Fsp3) is 0.154. The number of halogens is 1. The number of hydrogen-bond acceptors (Lipinski definition) is 2. The highest BCUT2D eigenvalue weighted by atomic mass is 19.1. The van der Waals surface area contributed by atoms with Crippen LogP contribution >= 0.6 is 0 Å². The van der Waals surface area contributed by atoms with Crippen LogP contribution in [0.4, 0.5) is 10.1 Å². The van der Waals surface area contributed by atoms with Gasteiger partial charge < -0.3 is 10.0 Å². The average molecular weight is 235 g/mol. The smallest absolute Gasteiger partial charge is 0.337 e. The van der Waals surface area contributed by atoms with Crippen molar-refractivity contribution in [3.8, 4) is 0 Å². The predicted molar refractivity (Wildman–Crippen MR) is 66.0 cm³/mol. The number of carboxylic acids is 1. The lowest BCUT2D eigenvalue weighted by Crippen LogP contribution is -2.26. The monoisotopic (exact) mass is 235 g/mol. The summed E-state index contributed by atoms with van der Waals surface area (Å²) in [6.45, 7) is 7.84. The number of carboxylic acid groups (broad SMARTS) is 1. The number of aromatic carboxylic acids is 1. The third kappa shape index (κ3) is 2.93. The summed E-state index contributed by atoms with van der Waals surface area (Å²) in [5.74, 6) is -1.72. The number of hydrogen-bond donors (Lipinski definition) is 1. The van der Waals surface area contributed by atoms with Crippen molar-refractivity contribution in [3.05, 3.63) is 54.9 Å². The highest BCUT2D eigenvalue weighted by Gasteiger charge is 2.18. The third-order valence-corrected chi connectivity index (χ3v) is 2.23. The lowest BCUT2D eigenvalue weighted by atomic mass is 10.1. The van der Waals surface area contributed by atoms with Gasteiger partial charge in [0.2, 0.25) is 0 Å². The van der Waals surface area contributed by atoms with Gasteiger partial charge in [-0.05, 0) is 12.1 Å². The maximum absolute atomic E-state index is 13.7. The topological polar surface area (TPSA) is 40.5 Å². The summed E-state index contributed by atoms with van der Waals surface area (Å²) in [4.78, 5) is 12.6. The van der Waals surface area contributed by atoms with Crippen LogP contribution < -0.4 is 4.90 Å². The van der Waals surface area contributed by atoms with Crippen molar-refractivity contribution in [2.24, 2.45) is 0 Å². The number of rotatable bonds is 6. The zero-order valence-corrected chi connectivity index (χ0v) is 9.40. The van der Waals surface area contributed by atoms with Crippen molar-refractivity contribution in [1.82, 2.24) is 0 Å². The summed E-state index contributed by atoms with van der Waals surface area (Å²) in [5, 5.41) is 9.03. The summed E-state index contributed by atoms with van der Waals surface area (Å²) in [7, 11) is 0. The second kappa shape index (κ2) is 5.84. The minimum Gasteiger partial charge on any atom is -0.478 e. The normalized spacial score (nSPS) is 9.71. The molecule has 1 N–H and O–H groups in total. The Labute approximate surface area is 99.5 Å². The first kappa shape index (κ1) is 13.0. The zero-order chi connectivity index (χ0) is 12.8. The Bertz CT molecular complexity index is 433. The second-order valence-corrected chi connectivity index (χ2v) is 3.42. The largest absolute Gasteiger partial charge is 0.478 e. The standard InChI is InChI=1S/C13H14FNO2/c1-3-8-15(9-4-2)12-10(13(16)17)6-5-7-11(12)14/h3-7H,1-2,8-9H2,(H,16,17). The van der Waals surface area contributed by atoms with Gasteiger partial charge >= 0.3 is 5.97 Å². The summed E-state index contributed by atoms with van der Waals surface area (Å²) in [5.41, 5.74) is 0.00787. The molecule has 0 aromatic heterocycles. The van der Waals surface area contributed by atoms with Crippen molar-refractivity contribution in [2.75, 3.05) is 18.0 Å². The van der Waals surface area contributed by atoms with Crippen LogP contribution in [-0.4, -0.2) is 24.2 Å². The average Bonchev–Trinajstić information content (AvgIpc) is 2.28. The lowest BCUT2D eigenvalue weighted by molar-refractivity contribution is 0.0697. The molecule has 4 heteroatoms. The Morgan fingerprint density at radius 1 is 1.35 bits per heavy atom. The van der Waals surface area contributed by atoms with E-state index in [-0.39, 0.29) is 11.3 Å². The molecule has 1 aromatic carbocycles. The van der Waals surface area contributed by atoms with E-state index in [0.717, 1.165) is 0 Å². The zero-order valence-electron chi connectivity index (χ0n) is 9.40. The molecule has 1 aromatic rings. The minimum absolute atomic E-state index is 0.0614. The highest BCUT2D eigenvalue weighted by Crippen LogP contribution is 2.24. The Hall–Kier alpha value is -2.10. The first-order valence-corrected chi connectivity index (χ1v) is 5.10. The number of benzene rings is 1. The number of nitrogens with zero attached hydrogens (tertiary/aromatic N) is 1. The molecule has 0 amide bonds. The van der Waals surface area contributed by atoms with Gasteiger partial charge in [0.05, 0.1) is 11.3 Å². The number of anilines is 1. The molecule has 90 valence electrons. The van der Waals surface area contributed by atoms with Gasteiger partial charge in [-0.15, -0.1) is 13.2 Å². The molecule has 0 radical (unpaired) electrons. The third-order valence-electron chi connectivity index (χ3n) is 2.23. The predicted octanol–water partition coefficient (Wildman–Crippen LogP) is 2.70. The molecule has 0 bridgehead atoms. The maximum atomic E-state index is 13.7. The molecule has 0 heterocycles. The van der Waals surface area contributed by atoms with E-state index in [1.807, 2.05) is 0 Å². The molecule has 0 saturated carbocycles. The minimum atomic E-state index is -1.15. The summed E-state index contributed by atoms with van der Waals surface area (Å²) in [6, 6.07) is 3.99. The summed E-state index contributed by atoms with van der Waals surface area (Å²) >= 11 is 0. The quantitative estimate of drug-likeness (QED) is 0.771. The van der Waals surface area contributed by atoms with Gasteiger partial charge in [-0.1, -0.05) is 18.2 Å². The molecular formula is C13H14FNO2. The molecule has 0 spiro atoms. The van der Waals surface area contributed by atoms with Crippen LogP contribution in [0.15, 0.2) is 43.5 Å². The van der Waals surface area contributed by atoms with E-state index < -0.39 is 11.8 Å². The molecule has 0 aliphatic carbocycles. The SMILES string of the molecule is C=CCN(CC=C)c1c(F)cccc1C(=O)O. The van der Waals surface area contributed by atoms with E-state index >= 15 is 0 Å². The van der Waals surface area contributed by atoms with E-state index in [2.05, 4.69) is 13.2 Å². The second-order valence-electron chi connectivity index (χ2n) is 3.42. The number of carbonyl (C=O) groups is 1. The van der Waals surface area contributed by atoms with Crippen LogP contribution in [0.25, 0.3) is 0 Å². The highest BCUT2D eigenvalue weighted by molar-refractivity contribution is 5.94. The molecule has 0 atom stereocenters. The van der Waals surface area contributed by atoms with Crippen molar-refractivity contribution >= 4 is 11.7 Å². The van der Waals surface area contributed by atoms with Gasteiger partial charge in [-0.3, -0.25) is 0 Å². The van der Waals surface area contributed by atoms with E-state index in [4.69, 9.17) is 5.11 Å². The molecule has 1 rings (SSSR count). The molecule has 3 nitrogen and oxygen atoms in total. The van der Waals surface area contributed by atoms with E-state index in [1.54, 1.807) is 17.1 Å². The van der Waals surface area contributed by atoms with Crippen LogP contribution in [-0.2, 0) is 0 Å². The van der Waals surface area contributed by atoms with Crippen LogP contribution in [0.1, 0.15) is 10.4 Å². The Morgan fingerprint density at radius 2 is 1.94 bits per heavy atom. The lowest BCUT2D eigenvalue weighted by Gasteiger charge is -2.23. The number of para-hydroxylation sites is 1. The fourth-order valence-corrected chi connectivity index (χ4v) is 1.58. The summed E-state index contributed by atoms with van der Waals surface area (Å²) in [6.07, 6.45) is 3.17. The van der Waals surface area contributed by atoms with Gasteiger partial charge in [0.15, 0.2) is 0 Å². The molecule has 17 heavy (non-hydrogen) atoms. The van der Waals surface area contributed by atoms with Gasteiger partial charge in [-0.2, -0.15) is 0 Å². The van der Waals surface area contributed by atoms with E-state index in [0.29, 0.717) is 13.1 Å². The molecule has 0 fully saturated rings. The first-order valence-electron chi connectivity index (χ1n) is 5.10. The molecular weight excluding hydrogens is 221 g/mol. The summed E-state index contributed by atoms with van der Waals surface area (Å²) < 4.78 is 13.7. The van der Waals surface area contributed by atoms with Crippen molar-refractivity contribution in [3.63, 3.8) is 0 Å². The first-order chi connectivity index (χ1) is 8.11. The van der Waals surface area contributed by atoms with E-state index in [9.17, 15) is 9.18 Å². The van der Waals surface area contributed by atoms with Gasteiger partial charge in [0.25, 0.3) is 0 Å². The maximum Gasteiger partial charge on any atom is 0.337 e. The van der Waals surface area contributed by atoms with Crippen LogP contribution in [0.2, 0.25) is 0 Å². The Balaban J connectivity index is 3.28. The van der Waals surface area contributed by atoms with Crippen LogP contribution in [0.3, 0.4) is 0 Å².